The predicted molar refractivity (Wildman–Crippen MR) is 92.8 cm³/mol. The van der Waals surface area contributed by atoms with Crippen molar-refractivity contribution < 1.29 is 13.2 Å². The molecule has 8 nitrogen and oxygen atoms in total. The van der Waals surface area contributed by atoms with E-state index in [0.717, 1.165) is 0 Å². The molecule has 1 amide bonds. The van der Waals surface area contributed by atoms with Crippen LogP contribution in [0.15, 0.2) is 4.79 Å². The van der Waals surface area contributed by atoms with Gasteiger partial charge in [0.05, 0.1) is 35.9 Å². The van der Waals surface area contributed by atoms with Gasteiger partial charge in [-0.1, -0.05) is 0 Å². The van der Waals surface area contributed by atoms with Gasteiger partial charge in [0.2, 0.25) is 5.91 Å². The van der Waals surface area contributed by atoms with Crippen molar-refractivity contribution >= 4 is 15.7 Å². The molecule has 138 valence electrons. The van der Waals surface area contributed by atoms with Crippen molar-refractivity contribution in [3.8, 4) is 0 Å². The van der Waals surface area contributed by atoms with Crippen LogP contribution in [0.5, 0.6) is 0 Å². The second kappa shape index (κ2) is 6.53. The third kappa shape index (κ3) is 3.62. The Morgan fingerprint density at radius 1 is 1.36 bits per heavy atom. The van der Waals surface area contributed by atoms with Gasteiger partial charge in [0.15, 0.2) is 9.84 Å². The van der Waals surface area contributed by atoms with Gasteiger partial charge in [-0.2, -0.15) is 0 Å². The third-order valence-electron chi connectivity index (χ3n) is 5.25. The van der Waals surface area contributed by atoms with Gasteiger partial charge in [0.1, 0.15) is 5.82 Å². The van der Waals surface area contributed by atoms with Crippen LogP contribution in [0.2, 0.25) is 0 Å². The predicted octanol–water partition coefficient (Wildman–Crippen LogP) is -0.560. The molecule has 0 N–H and O–H groups in total. The molecule has 0 unspecified atom stereocenters. The Hall–Kier alpha value is -1.74. The van der Waals surface area contributed by atoms with E-state index in [9.17, 15) is 18.0 Å². The van der Waals surface area contributed by atoms with Crippen molar-refractivity contribution in [1.29, 1.82) is 0 Å². The molecular formula is C16H24N4O4S. The molecule has 2 aliphatic heterocycles. The first-order valence-corrected chi connectivity index (χ1v) is 10.2. The van der Waals surface area contributed by atoms with E-state index in [2.05, 4.69) is 4.98 Å². The van der Waals surface area contributed by atoms with Crippen molar-refractivity contribution in [2.75, 3.05) is 25.1 Å². The normalized spacial score (nSPS) is 21.8. The van der Waals surface area contributed by atoms with Crippen molar-refractivity contribution in [3.63, 3.8) is 0 Å². The highest BCUT2D eigenvalue weighted by Gasteiger charge is 2.32. The van der Waals surface area contributed by atoms with Crippen molar-refractivity contribution in [3.05, 3.63) is 27.4 Å². The maximum Gasteiger partial charge on any atom is 0.258 e. The fraction of sp³-hybridized carbons (Fsp3) is 0.688. The fourth-order valence-corrected chi connectivity index (χ4v) is 5.25. The van der Waals surface area contributed by atoms with Crippen LogP contribution in [-0.4, -0.2) is 64.8 Å². The highest BCUT2D eigenvalue weighted by Crippen LogP contribution is 2.20. The molecule has 1 aromatic rings. The molecule has 0 aliphatic carbocycles. The number of fused-ring (bicyclic) bond motifs is 1. The van der Waals surface area contributed by atoms with Crippen LogP contribution in [-0.2, 0) is 34.8 Å². The molecule has 1 fully saturated rings. The van der Waals surface area contributed by atoms with E-state index < -0.39 is 9.84 Å². The zero-order valence-electron chi connectivity index (χ0n) is 14.9. The van der Waals surface area contributed by atoms with Gasteiger partial charge in [-0.25, -0.2) is 13.4 Å². The van der Waals surface area contributed by atoms with Crippen molar-refractivity contribution in [2.24, 2.45) is 7.05 Å². The number of aryl methyl sites for hydroxylation is 1. The fourth-order valence-electron chi connectivity index (χ4n) is 3.44. The lowest BCUT2D eigenvalue weighted by atomic mass is 10.2. The number of hydrogen-bond donors (Lipinski definition) is 0. The van der Waals surface area contributed by atoms with Crippen LogP contribution < -0.4 is 5.56 Å². The van der Waals surface area contributed by atoms with Crippen molar-refractivity contribution in [1.82, 2.24) is 19.4 Å². The number of aromatic nitrogens is 2. The SMILES string of the molecule is Cc1nc2c(c(=O)n1C)CN(C(=O)CCN(C)[C@H]1CCS(=O)(=O)C1)C2. The summed E-state index contributed by atoms with van der Waals surface area (Å²) in [7, 11) is 0.614. The Balaban J connectivity index is 1.58. The molecule has 9 heteroatoms. The number of carbonyl (C=O) groups is 1. The van der Waals surface area contributed by atoms with E-state index in [1.165, 1.54) is 4.57 Å². The van der Waals surface area contributed by atoms with Crippen LogP contribution in [0.4, 0.5) is 0 Å². The van der Waals surface area contributed by atoms with Crippen LogP contribution in [0.3, 0.4) is 0 Å². The number of nitrogens with zero attached hydrogens (tertiary/aromatic N) is 4. The van der Waals surface area contributed by atoms with Gasteiger partial charge in [0.25, 0.3) is 5.56 Å². The zero-order chi connectivity index (χ0) is 18.4. The Morgan fingerprint density at radius 2 is 2.08 bits per heavy atom. The Morgan fingerprint density at radius 3 is 2.72 bits per heavy atom. The molecule has 0 aromatic carbocycles. The maximum atomic E-state index is 12.5. The molecule has 25 heavy (non-hydrogen) atoms. The summed E-state index contributed by atoms with van der Waals surface area (Å²) in [6, 6.07) is -0.00909. The first-order valence-electron chi connectivity index (χ1n) is 8.42. The topological polar surface area (TPSA) is 92.6 Å². The van der Waals surface area contributed by atoms with Gasteiger partial charge in [-0.05, 0) is 20.4 Å². The minimum absolute atomic E-state index is 0.00909. The van der Waals surface area contributed by atoms with Crippen LogP contribution in [0.1, 0.15) is 29.9 Å². The maximum absolute atomic E-state index is 12.5. The molecule has 1 atom stereocenters. The van der Waals surface area contributed by atoms with E-state index in [0.29, 0.717) is 49.6 Å². The number of hydrogen-bond acceptors (Lipinski definition) is 6. The zero-order valence-corrected chi connectivity index (χ0v) is 15.7. The molecule has 1 aromatic heterocycles. The van der Waals surface area contributed by atoms with Crippen LogP contribution in [0, 0.1) is 6.92 Å². The Bertz CT molecular complexity index is 862. The average molecular weight is 368 g/mol. The molecule has 0 radical (unpaired) electrons. The molecule has 0 saturated carbocycles. The van der Waals surface area contributed by atoms with E-state index in [4.69, 9.17) is 0 Å². The summed E-state index contributed by atoms with van der Waals surface area (Å²) in [6.45, 7) is 2.95. The number of carbonyl (C=O) groups excluding carboxylic acids is 1. The summed E-state index contributed by atoms with van der Waals surface area (Å²) in [5.74, 6) is 1.00. The largest absolute Gasteiger partial charge is 0.332 e. The highest BCUT2D eigenvalue weighted by atomic mass is 32.2. The Kier molecular flexibility index (Phi) is 4.72. The molecule has 3 rings (SSSR count). The van der Waals surface area contributed by atoms with Gasteiger partial charge in [-0.15, -0.1) is 0 Å². The molecule has 0 bridgehead atoms. The van der Waals surface area contributed by atoms with E-state index in [1.807, 2.05) is 11.9 Å². The molecule has 3 heterocycles. The standard InChI is InChI=1S/C16H24N4O4S/c1-11-17-14-9-20(8-13(14)16(22)19(11)3)15(21)4-6-18(2)12-5-7-25(23,24)10-12/h12H,4-10H2,1-3H3/t12-/m0/s1. The summed E-state index contributed by atoms with van der Waals surface area (Å²) in [5, 5.41) is 0. The summed E-state index contributed by atoms with van der Waals surface area (Å²) in [5.41, 5.74) is 1.19. The number of rotatable bonds is 4. The minimum Gasteiger partial charge on any atom is -0.332 e. The lowest BCUT2D eigenvalue weighted by Gasteiger charge is -2.24. The minimum atomic E-state index is -2.93. The van der Waals surface area contributed by atoms with Crippen LogP contribution in [0.25, 0.3) is 0 Å². The Labute approximate surface area is 147 Å². The van der Waals surface area contributed by atoms with Gasteiger partial charge in [-0.3, -0.25) is 14.2 Å². The smallest absolute Gasteiger partial charge is 0.258 e. The lowest BCUT2D eigenvalue weighted by molar-refractivity contribution is -0.132. The van der Waals surface area contributed by atoms with Gasteiger partial charge in [0, 0.05) is 26.1 Å². The van der Waals surface area contributed by atoms with E-state index in [-0.39, 0.29) is 29.0 Å². The number of amides is 1. The first-order chi connectivity index (χ1) is 11.7. The molecule has 0 spiro atoms. The van der Waals surface area contributed by atoms with Crippen LogP contribution >= 0.6 is 0 Å². The first kappa shape index (κ1) is 18.1. The summed E-state index contributed by atoms with van der Waals surface area (Å²) in [4.78, 5) is 32.8. The summed E-state index contributed by atoms with van der Waals surface area (Å²) in [6.07, 6.45) is 0.932. The molecule has 2 aliphatic rings. The van der Waals surface area contributed by atoms with Crippen molar-refractivity contribution in [2.45, 2.75) is 38.9 Å². The average Bonchev–Trinajstić information content (AvgIpc) is 3.13. The quantitative estimate of drug-likeness (QED) is 0.707. The summed E-state index contributed by atoms with van der Waals surface area (Å²) >= 11 is 0. The second-order valence-corrected chi connectivity index (χ2v) is 9.21. The third-order valence-corrected chi connectivity index (χ3v) is 7.00. The molecular weight excluding hydrogens is 344 g/mol. The second-order valence-electron chi connectivity index (χ2n) is 6.99. The van der Waals surface area contributed by atoms with E-state index >= 15 is 0 Å². The monoisotopic (exact) mass is 368 g/mol. The van der Waals surface area contributed by atoms with E-state index in [1.54, 1.807) is 18.9 Å². The van der Waals surface area contributed by atoms with Gasteiger partial charge >= 0.3 is 0 Å². The highest BCUT2D eigenvalue weighted by molar-refractivity contribution is 7.91. The lowest BCUT2D eigenvalue weighted by Crippen LogP contribution is -2.36. The number of sulfone groups is 1. The van der Waals surface area contributed by atoms with Gasteiger partial charge < -0.3 is 9.80 Å². The summed E-state index contributed by atoms with van der Waals surface area (Å²) < 4.78 is 24.6. The molecule has 1 saturated heterocycles.